The first-order valence-electron chi connectivity index (χ1n) is 5.40. The van der Waals surface area contributed by atoms with E-state index in [9.17, 15) is 9.50 Å². The van der Waals surface area contributed by atoms with Crippen LogP contribution in [0.25, 0.3) is 0 Å². The summed E-state index contributed by atoms with van der Waals surface area (Å²) >= 11 is 0. The zero-order valence-electron chi connectivity index (χ0n) is 10.00. The van der Waals surface area contributed by atoms with Gasteiger partial charge in [-0.3, -0.25) is 0 Å². The molecular formula is C12H19FN2O. The molecule has 0 spiro atoms. The summed E-state index contributed by atoms with van der Waals surface area (Å²) in [7, 11) is 0. The minimum Gasteiger partial charge on any atom is -0.391 e. The first kappa shape index (κ1) is 12.9. The van der Waals surface area contributed by atoms with E-state index in [0.29, 0.717) is 18.8 Å². The van der Waals surface area contributed by atoms with E-state index in [1.807, 2.05) is 0 Å². The highest BCUT2D eigenvalue weighted by atomic mass is 19.1. The average Bonchev–Trinajstić information content (AvgIpc) is 2.14. The summed E-state index contributed by atoms with van der Waals surface area (Å²) in [6, 6.07) is 2.89. The number of aliphatic hydroxyl groups is 1. The van der Waals surface area contributed by atoms with Gasteiger partial charge in [0.15, 0.2) is 0 Å². The Morgan fingerprint density at radius 1 is 1.44 bits per heavy atom. The van der Waals surface area contributed by atoms with Gasteiger partial charge < -0.3 is 10.4 Å². The van der Waals surface area contributed by atoms with Crippen molar-refractivity contribution in [2.45, 2.75) is 33.3 Å². The van der Waals surface area contributed by atoms with E-state index in [-0.39, 0.29) is 11.2 Å². The van der Waals surface area contributed by atoms with Crippen molar-refractivity contribution in [3.05, 3.63) is 24.1 Å². The highest BCUT2D eigenvalue weighted by Gasteiger charge is 2.16. The molecule has 16 heavy (non-hydrogen) atoms. The molecule has 0 radical (unpaired) electrons. The number of nitrogens with one attached hydrogen (secondary N) is 1. The molecule has 1 aromatic heterocycles. The number of nitrogens with zero attached hydrogens (tertiary/aromatic N) is 1. The Morgan fingerprint density at radius 3 is 2.62 bits per heavy atom. The van der Waals surface area contributed by atoms with Gasteiger partial charge in [0.2, 0.25) is 0 Å². The third-order valence-electron chi connectivity index (χ3n) is 2.09. The Labute approximate surface area is 95.7 Å². The minimum absolute atomic E-state index is 0.0946. The van der Waals surface area contributed by atoms with Gasteiger partial charge in [0.25, 0.3) is 0 Å². The standard InChI is InChI=1S/C12H19FN2O/c1-12(2,3)6-10(16)8-15-11-5-4-9(13)7-14-11/h4-5,7,10,16H,6,8H2,1-3H3,(H,14,15). The van der Waals surface area contributed by atoms with Crippen molar-refractivity contribution in [1.82, 2.24) is 4.98 Å². The molecule has 4 heteroatoms. The number of halogens is 1. The lowest BCUT2D eigenvalue weighted by molar-refractivity contribution is 0.132. The van der Waals surface area contributed by atoms with Crippen molar-refractivity contribution in [2.75, 3.05) is 11.9 Å². The van der Waals surface area contributed by atoms with Gasteiger partial charge in [-0.05, 0) is 24.0 Å². The summed E-state index contributed by atoms with van der Waals surface area (Å²) in [5, 5.41) is 12.7. The SMILES string of the molecule is CC(C)(C)CC(O)CNc1ccc(F)cn1. The molecule has 1 aromatic rings. The third kappa shape index (κ3) is 5.07. The topological polar surface area (TPSA) is 45.1 Å². The average molecular weight is 226 g/mol. The number of rotatable bonds is 4. The van der Waals surface area contributed by atoms with Crippen LogP contribution in [0.2, 0.25) is 0 Å². The van der Waals surface area contributed by atoms with Crippen molar-refractivity contribution in [3.63, 3.8) is 0 Å². The molecular weight excluding hydrogens is 207 g/mol. The summed E-state index contributed by atoms with van der Waals surface area (Å²) in [4.78, 5) is 3.85. The van der Waals surface area contributed by atoms with Crippen LogP contribution in [0.15, 0.2) is 18.3 Å². The van der Waals surface area contributed by atoms with Crippen LogP contribution in [0, 0.1) is 11.2 Å². The summed E-state index contributed by atoms with van der Waals surface area (Å²) in [5.74, 6) is 0.218. The number of pyridine rings is 1. The zero-order chi connectivity index (χ0) is 12.2. The van der Waals surface area contributed by atoms with Gasteiger partial charge >= 0.3 is 0 Å². The lowest BCUT2D eigenvalue weighted by Gasteiger charge is -2.22. The van der Waals surface area contributed by atoms with Crippen molar-refractivity contribution in [3.8, 4) is 0 Å². The first-order valence-corrected chi connectivity index (χ1v) is 5.40. The fourth-order valence-corrected chi connectivity index (χ4v) is 1.48. The van der Waals surface area contributed by atoms with Gasteiger partial charge in [-0.15, -0.1) is 0 Å². The van der Waals surface area contributed by atoms with E-state index in [1.165, 1.54) is 6.07 Å². The predicted molar refractivity (Wildman–Crippen MR) is 62.8 cm³/mol. The monoisotopic (exact) mass is 226 g/mol. The summed E-state index contributed by atoms with van der Waals surface area (Å²) < 4.78 is 12.6. The fourth-order valence-electron chi connectivity index (χ4n) is 1.48. The molecule has 90 valence electrons. The number of anilines is 1. The maximum absolute atomic E-state index is 12.6. The van der Waals surface area contributed by atoms with Gasteiger partial charge in [-0.2, -0.15) is 0 Å². The molecule has 1 unspecified atom stereocenters. The molecule has 0 aliphatic carbocycles. The molecule has 0 amide bonds. The van der Waals surface area contributed by atoms with Gasteiger partial charge in [0.1, 0.15) is 11.6 Å². The number of aliphatic hydroxyl groups excluding tert-OH is 1. The molecule has 0 aromatic carbocycles. The Hall–Kier alpha value is -1.16. The molecule has 0 saturated heterocycles. The van der Waals surface area contributed by atoms with Crippen LogP contribution in [0.5, 0.6) is 0 Å². The van der Waals surface area contributed by atoms with E-state index < -0.39 is 6.10 Å². The largest absolute Gasteiger partial charge is 0.391 e. The quantitative estimate of drug-likeness (QED) is 0.828. The van der Waals surface area contributed by atoms with Crippen LogP contribution in [-0.2, 0) is 0 Å². The van der Waals surface area contributed by atoms with Crippen molar-refractivity contribution in [1.29, 1.82) is 0 Å². The van der Waals surface area contributed by atoms with E-state index in [2.05, 4.69) is 31.1 Å². The van der Waals surface area contributed by atoms with E-state index >= 15 is 0 Å². The van der Waals surface area contributed by atoms with Gasteiger partial charge in [0.05, 0.1) is 12.3 Å². The Kier molecular flexibility index (Phi) is 4.24. The lowest BCUT2D eigenvalue weighted by Crippen LogP contribution is -2.25. The van der Waals surface area contributed by atoms with Crippen LogP contribution >= 0.6 is 0 Å². The van der Waals surface area contributed by atoms with E-state index in [0.717, 1.165) is 6.20 Å². The van der Waals surface area contributed by atoms with Gasteiger partial charge in [-0.25, -0.2) is 9.37 Å². The van der Waals surface area contributed by atoms with Crippen LogP contribution < -0.4 is 5.32 Å². The summed E-state index contributed by atoms with van der Waals surface area (Å²) in [6.45, 7) is 6.65. The maximum atomic E-state index is 12.6. The lowest BCUT2D eigenvalue weighted by atomic mass is 9.89. The molecule has 1 atom stereocenters. The predicted octanol–water partition coefficient (Wildman–Crippen LogP) is 2.43. The second-order valence-corrected chi connectivity index (χ2v) is 5.16. The third-order valence-corrected chi connectivity index (χ3v) is 2.09. The van der Waals surface area contributed by atoms with Crippen molar-refractivity contribution < 1.29 is 9.50 Å². The van der Waals surface area contributed by atoms with Crippen LogP contribution in [0.1, 0.15) is 27.2 Å². The van der Waals surface area contributed by atoms with Crippen molar-refractivity contribution >= 4 is 5.82 Å². The molecule has 1 heterocycles. The Bertz CT molecular complexity index is 319. The highest BCUT2D eigenvalue weighted by Crippen LogP contribution is 2.20. The Morgan fingerprint density at radius 2 is 2.12 bits per heavy atom. The molecule has 0 aliphatic rings. The second kappa shape index (κ2) is 5.25. The smallest absolute Gasteiger partial charge is 0.141 e. The fraction of sp³-hybridized carbons (Fsp3) is 0.583. The van der Waals surface area contributed by atoms with Crippen LogP contribution in [-0.4, -0.2) is 22.7 Å². The molecule has 0 aliphatic heterocycles. The Balaban J connectivity index is 2.37. The second-order valence-electron chi connectivity index (χ2n) is 5.16. The molecule has 0 fully saturated rings. The number of hydrogen-bond donors (Lipinski definition) is 2. The summed E-state index contributed by atoms with van der Waals surface area (Å²) in [5.41, 5.74) is 0.0946. The first-order chi connectivity index (χ1) is 7.37. The number of hydrogen-bond acceptors (Lipinski definition) is 3. The molecule has 0 bridgehead atoms. The highest BCUT2D eigenvalue weighted by molar-refractivity contribution is 5.33. The molecule has 3 nitrogen and oxygen atoms in total. The number of aromatic nitrogens is 1. The van der Waals surface area contributed by atoms with Crippen LogP contribution in [0.3, 0.4) is 0 Å². The molecule has 2 N–H and O–H groups in total. The van der Waals surface area contributed by atoms with E-state index in [4.69, 9.17) is 0 Å². The maximum Gasteiger partial charge on any atom is 0.141 e. The van der Waals surface area contributed by atoms with Gasteiger partial charge in [-0.1, -0.05) is 20.8 Å². The van der Waals surface area contributed by atoms with Crippen LogP contribution in [0.4, 0.5) is 10.2 Å². The van der Waals surface area contributed by atoms with Gasteiger partial charge in [0, 0.05) is 6.54 Å². The summed E-state index contributed by atoms with van der Waals surface area (Å²) in [6.07, 6.45) is 1.44. The normalized spacial score (nSPS) is 13.6. The van der Waals surface area contributed by atoms with E-state index in [1.54, 1.807) is 6.07 Å². The minimum atomic E-state index is -0.424. The van der Waals surface area contributed by atoms with Crippen molar-refractivity contribution in [2.24, 2.45) is 5.41 Å². The zero-order valence-corrected chi connectivity index (χ0v) is 10.00. The molecule has 1 rings (SSSR count). The molecule has 0 saturated carbocycles.